The molecule has 2 unspecified atom stereocenters. The monoisotopic (exact) mass is 289 g/mol. The normalized spacial score (nSPS) is 21.9. The number of aryl methyl sites for hydroxylation is 1. The van der Waals surface area contributed by atoms with Gasteiger partial charge < -0.3 is 10.0 Å². The molecule has 1 amide bonds. The van der Waals surface area contributed by atoms with Gasteiger partial charge in [-0.25, -0.2) is 4.79 Å². The van der Waals surface area contributed by atoms with Crippen molar-refractivity contribution in [2.45, 2.75) is 45.6 Å². The zero-order valence-corrected chi connectivity index (χ0v) is 12.9. The summed E-state index contributed by atoms with van der Waals surface area (Å²) in [6.07, 6.45) is 4.56. The molecule has 4 heteroatoms. The number of aromatic carboxylic acids is 1. The van der Waals surface area contributed by atoms with E-state index in [4.69, 9.17) is 5.11 Å². The van der Waals surface area contributed by atoms with Crippen LogP contribution in [-0.2, 0) is 0 Å². The fourth-order valence-corrected chi connectivity index (χ4v) is 3.26. The summed E-state index contributed by atoms with van der Waals surface area (Å²) >= 11 is 0. The Balaban J connectivity index is 2.24. The van der Waals surface area contributed by atoms with E-state index in [1.807, 2.05) is 14.0 Å². The van der Waals surface area contributed by atoms with E-state index < -0.39 is 5.97 Å². The van der Waals surface area contributed by atoms with Crippen LogP contribution in [0.5, 0.6) is 0 Å². The predicted molar refractivity (Wildman–Crippen MR) is 81.7 cm³/mol. The van der Waals surface area contributed by atoms with Crippen molar-refractivity contribution in [3.05, 3.63) is 34.9 Å². The van der Waals surface area contributed by atoms with Crippen LogP contribution in [0.4, 0.5) is 0 Å². The Kier molecular flexibility index (Phi) is 4.66. The first-order valence-corrected chi connectivity index (χ1v) is 7.52. The van der Waals surface area contributed by atoms with Crippen LogP contribution in [0.25, 0.3) is 0 Å². The summed E-state index contributed by atoms with van der Waals surface area (Å²) in [4.78, 5) is 25.6. The standard InChI is InChI=1S/C17H23NO3/c1-11-8-13(10-14(9-11)17(20)21)16(19)18(3)15-7-5-4-6-12(15)2/h8-10,12,15H,4-7H2,1-3H3,(H,20,21). The van der Waals surface area contributed by atoms with Gasteiger partial charge in [-0.2, -0.15) is 0 Å². The lowest BCUT2D eigenvalue weighted by Gasteiger charge is -2.36. The maximum atomic E-state index is 12.6. The summed E-state index contributed by atoms with van der Waals surface area (Å²) in [5.74, 6) is -0.585. The number of hydrogen-bond acceptors (Lipinski definition) is 2. The number of carbonyl (C=O) groups is 2. The molecule has 0 heterocycles. The lowest BCUT2D eigenvalue weighted by atomic mass is 9.85. The molecule has 0 bridgehead atoms. The van der Waals surface area contributed by atoms with Crippen LogP contribution in [0, 0.1) is 12.8 Å². The Morgan fingerprint density at radius 3 is 2.38 bits per heavy atom. The molecule has 4 nitrogen and oxygen atoms in total. The number of carboxylic acids is 1. The van der Waals surface area contributed by atoms with Gasteiger partial charge in [-0.1, -0.05) is 19.8 Å². The highest BCUT2D eigenvalue weighted by atomic mass is 16.4. The van der Waals surface area contributed by atoms with Crippen LogP contribution in [0.3, 0.4) is 0 Å². The summed E-state index contributed by atoms with van der Waals surface area (Å²) in [5.41, 5.74) is 1.43. The third-order valence-electron chi connectivity index (χ3n) is 4.46. The van der Waals surface area contributed by atoms with Crippen molar-refractivity contribution in [3.8, 4) is 0 Å². The lowest BCUT2D eigenvalue weighted by molar-refractivity contribution is 0.0629. The summed E-state index contributed by atoms with van der Waals surface area (Å²) in [6, 6.07) is 5.07. The molecular formula is C17H23NO3. The first-order chi connectivity index (χ1) is 9.90. The predicted octanol–water partition coefficient (Wildman–Crippen LogP) is 3.34. The number of hydrogen-bond donors (Lipinski definition) is 1. The van der Waals surface area contributed by atoms with Gasteiger partial charge in [0, 0.05) is 18.7 Å². The van der Waals surface area contributed by atoms with Crippen molar-refractivity contribution >= 4 is 11.9 Å². The number of carboxylic acid groups (broad SMARTS) is 1. The molecule has 0 radical (unpaired) electrons. The number of amides is 1. The Hall–Kier alpha value is -1.84. The van der Waals surface area contributed by atoms with Gasteiger partial charge in [0.1, 0.15) is 0 Å². The smallest absolute Gasteiger partial charge is 0.335 e. The summed E-state index contributed by atoms with van der Waals surface area (Å²) < 4.78 is 0. The summed E-state index contributed by atoms with van der Waals surface area (Å²) in [6.45, 7) is 4.00. The topological polar surface area (TPSA) is 57.6 Å². The fraction of sp³-hybridized carbons (Fsp3) is 0.529. The van der Waals surface area contributed by atoms with E-state index in [1.54, 1.807) is 17.0 Å². The molecule has 1 aromatic rings. The Morgan fingerprint density at radius 2 is 1.76 bits per heavy atom. The molecule has 0 aromatic heterocycles. The second-order valence-corrected chi connectivity index (χ2v) is 6.14. The van der Waals surface area contributed by atoms with Crippen LogP contribution in [-0.4, -0.2) is 35.0 Å². The van der Waals surface area contributed by atoms with Crippen molar-refractivity contribution in [2.75, 3.05) is 7.05 Å². The van der Waals surface area contributed by atoms with Crippen molar-refractivity contribution in [3.63, 3.8) is 0 Å². The fourth-order valence-electron chi connectivity index (χ4n) is 3.26. The van der Waals surface area contributed by atoms with Gasteiger partial charge in [-0.3, -0.25) is 4.79 Å². The van der Waals surface area contributed by atoms with Crippen molar-refractivity contribution in [1.29, 1.82) is 0 Å². The van der Waals surface area contributed by atoms with E-state index in [9.17, 15) is 9.59 Å². The highest BCUT2D eigenvalue weighted by Crippen LogP contribution is 2.28. The van der Waals surface area contributed by atoms with Gasteiger partial charge in [0.15, 0.2) is 0 Å². The second-order valence-electron chi connectivity index (χ2n) is 6.14. The molecule has 1 saturated carbocycles. The molecule has 2 atom stereocenters. The second kappa shape index (κ2) is 6.29. The lowest BCUT2D eigenvalue weighted by Crippen LogP contribution is -2.42. The van der Waals surface area contributed by atoms with Gasteiger partial charge in [-0.15, -0.1) is 0 Å². The molecule has 1 aromatic carbocycles. The molecule has 1 aliphatic carbocycles. The minimum atomic E-state index is -0.999. The van der Waals surface area contributed by atoms with Gasteiger partial charge >= 0.3 is 5.97 Å². The number of nitrogens with zero attached hydrogens (tertiary/aromatic N) is 1. The number of rotatable bonds is 3. The number of benzene rings is 1. The largest absolute Gasteiger partial charge is 0.478 e. The quantitative estimate of drug-likeness (QED) is 0.928. The maximum Gasteiger partial charge on any atom is 0.335 e. The van der Waals surface area contributed by atoms with Crippen LogP contribution in [0.2, 0.25) is 0 Å². The van der Waals surface area contributed by atoms with Gasteiger partial charge in [0.25, 0.3) is 5.91 Å². The molecule has 1 N–H and O–H groups in total. The minimum Gasteiger partial charge on any atom is -0.478 e. The molecule has 1 aliphatic rings. The van der Waals surface area contributed by atoms with E-state index in [-0.39, 0.29) is 17.5 Å². The van der Waals surface area contributed by atoms with Crippen LogP contribution < -0.4 is 0 Å². The van der Waals surface area contributed by atoms with E-state index in [1.165, 1.54) is 12.5 Å². The first-order valence-electron chi connectivity index (χ1n) is 7.52. The van der Waals surface area contributed by atoms with E-state index in [0.29, 0.717) is 11.5 Å². The summed E-state index contributed by atoms with van der Waals surface area (Å²) in [5, 5.41) is 9.12. The third-order valence-corrected chi connectivity index (χ3v) is 4.46. The molecule has 1 fully saturated rings. The average molecular weight is 289 g/mol. The van der Waals surface area contributed by atoms with Gasteiger partial charge in [-0.05, 0) is 49.4 Å². The molecule has 2 rings (SSSR count). The minimum absolute atomic E-state index is 0.0834. The van der Waals surface area contributed by atoms with Crippen LogP contribution in [0.1, 0.15) is 58.9 Å². The first kappa shape index (κ1) is 15.5. The molecule has 21 heavy (non-hydrogen) atoms. The molecule has 0 spiro atoms. The van der Waals surface area contributed by atoms with Crippen LogP contribution in [0.15, 0.2) is 18.2 Å². The molecule has 0 saturated heterocycles. The molecular weight excluding hydrogens is 266 g/mol. The Morgan fingerprint density at radius 1 is 1.14 bits per heavy atom. The summed E-state index contributed by atoms with van der Waals surface area (Å²) in [7, 11) is 1.83. The zero-order valence-electron chi connectivity index (χ0n) is 12.9. The van der Waals surface area contributed by atoms with Crippen LogP contribution >= 0.6 is 0 Å². The average Bonchev–Trinajstić information content (AvgIpc) is 2.45. The van der Waals surface area contributed by atoms with Crippen molar-refractivity contribution in [1.82, 2.24) is 4.90 Å². The Labute approximate surface area is 125 Å². The van der Waals surface area contributed by atoms with Crippen molar-refractivity contribution in [2.24, 2.45) is 5.92 Å². The third kappa shape index (κ3) is 3.43. The van der Waals surface area contributed by atoms with Gasteiger partial charge in [0.05, 0.1) is 5.56 Å². The molecule has 0 aliphatic heterocycles. The Bertz CT molecular complexity index is 553. The SMILES string of the molecule is Cc1cc(C(=O)O)cc(C(=O)N(C)C2CCCCC2C)c1. The zero-order chi connectivity index (χ0) is 15.6. The van der Waals surface area contributed by atoms with E-state index in [0.717, 1.165) is 24.8 Å². The maximum absolute atomic E-state index is 12.6. The highest BCUT2D eigenvalue weighted by Gasteiger charge is 2.28. The van der Waals surface area contributed by atoms with Crippen molar-refractivity contribution < 1.29 is 14.7 Å². The number of carbonyl (C=O) groups excluding carboxylic acids is 1. The van der Waals surface area contributed by atoms with E-state index in [2.05, 4.69) is 6.92 Å². The molecule has 114 valence electrons. The highest BCUT2D eigenvalue weighted by molar-refractivity contribution is 5.97. The van der Waals surface area contributed by atoms with Gasteiger partial charge in [0.2, 0.25) is 0 Å². The van der Waals surface area contributed by atoms with E-state index >= 15 is 0 Å².